The normalized spacial score (nSPS) is 10.4. The topological polar surface area (TPSA) is 77.2 Å². The maximum absolute atomic E-state index is 13.5. The highest BCUT2D eigenvalue weighted by molar-refractivity contribution is 5.91. The van der Waals surface area contributed by atoms with Crippen LogP contribution < -0.4 is 10.1 Å². The lowest BCUT2D eigenvalue weighted by Crippen LogP contribution is -2.20. The van der Waals surface area contributed by atoms with Gasteiger partial charge in [0.1, 0.15) is 11.6 Å². The highest BCUT2D eigenvalue weighted by Gasteiger charge is 2.10. The van der Waals surface area contributed by atoms with Gasteiger partial charge in [0.25, 0.3) is 11.8 Å². The fourth-order valence-electron chi connectivity index (χ4n) is 2.03. The minimum Gasteiger partial charge on any atom is -0.484 e. The van der Waals surface area contributed by atoms with E-state index < -0.39 is 11.7 Å². The molecule has 0 unspecified atom stereocenters. The van der Waals surface area contributed by atoms with Crippen LogP contribution in [0, 0.1) is 12.7 Å². The number of carbonyl (C=O) groups is 1. The zero-order valence-corrected chi connectivity index (χ0v) is 12.8. The van der Waals surface area contributed by atoms with Crippen LogP contribution in [0.1, 0.15) is 5.82 Å². The van der Waals surface area contributed by atoms with E-state index in [0.717, 1.165) is 0 Å². The lowest BCUT2D eigenvalue weighted by Gasteiger charge is -2.08. The van der Waals surface area contributed by atoms with Crippen molar-refractivity contribution in [2.75, 3.05) is 11.9 Å². The molecule has 122 valence electrons. The molecule has 1 heterocycles. The van der Waals surface area contributed by atoms with Gasteiger partial charge in [-0.15, -0.1) is 0 Å². The Kier molecular flexibility index (Phi) is 4.51. The molecular weight excluding hydrogens is 313 g/mol. The van der Waals surface area contributed by atoms with Crippen molar-refractivity contribution in [3.63, 3.8) is 0 Å². The van der Waals surface area contributed by atoms with Crippen LogP contribution in [0.4, 0.5) is 10.1 Å². The molecule has 0 fully saturated rings. The van der Waals surface area contributed by atoms with Crippen LogP contribution >= 0.6 is 0 Å². The van der Waals surface area contributed by atoms with Gasteiger partial charge >= 0.3 is 0 Å². The SMILES string of the molecule is Cc1noc(-c2cccc(OCC(=O)Nc3ccccc3F)c2)n1. The fraction of sp³-hybridized carbons (Fsp3) is 0.118. The molecule has 0 bridgehead atoms. The average Bonchev–Trinajstić information content (AvgIpc) is 3.02. The minimum atomic E-state index is -0.500. The standard InChI is InChI=1S/C17H14FN3O3/c1-11-19-17(24-21-11)12-5-4-6-13(9-12)23-10-16(22)20-15-8-3-2-7-14(15)18/h2-9H,10H2,1H3,(H,20,22). The molecule has 3 rings (SSSR count). The molecule has 0 radical (unpaired) electrons. The zero-order valence-electron chi connectivity index (χ0n) is 12.8. The summed E-state index contributed by atoms with van der Waals surface area (Å²) in [7, 11) is 0. The molecule has 1 aromatic heterocycles. The summed E-state index contributed by atoms with van der Waals surface area (Å²) in [5.41, 5.74) is 0.795. The number of aryl methyl sites for hydroxylation is 1. The molecule has 1 amide bonds. The molecule has 0 aliphatic rings. The van der Waals surface area contributed by atoms with E-state index in [9.17, 15) is 9.18 Å². The molecule has 1 N–H and O–H groups in total. The summed E-state index contributed by atoms with van der Waals surface area (Å²) < 4.78 is 24.0. The van der Waals surface area contributed by atoms with Crippen molar-refractivity contribution < 1.29 is 18.4 Å². The van der Waals surface area contributed by atoms with Crippen LogP contribution in [0.15, 0.2) is 53.1 Å². The van der Waals surface area contributed by atoms with Gasteiger partial charge in [0.05, 0.1) is 5.69 Å². The average molecular weight is 327 g/mol. The Balaban J connectivity index is 1.62. The van der Waals surface area contributed by atoms with E-state index in [-0.39, 0.29) is 12.3 Å². The number of ether oxygens (including phenoxy) is 1. The summed E-state index contributed by atoms with van der Waals surface area (Å²) in [5.74, 6) is 0.403. The molecule has 24 heavy (non-hydrogen) atoms. The van der Waals surface area contributed by atoms with Crippen LogP contribution in [0.3, 0.4) is 0 Å². The summed E-state index contributed by atoms with van der Waals surface area (Å²) >= 11 is 0. The van der Waals surface area contributed by atoms with Gasteiger partial charge in [-0.05, 0) is 37.3 Å². The van der Waals surface area contributed by atoms with Crippen molar-refractivity contribution in [3.8, 4) is 17.2 Å². The Bertz CT molecular complexity index is 864. The van der Waals surface area contributed by atoms with Crippen molar-refractivity contribution in [1.29, 1.82) is 0 Å². The van der Waals surface area contributed by atoms with E-state index in [4.69, 9.17) is 9.26 Å². The summed E-state index contributed by atoms with van der Waals surface area (Å²) in [6.07, 6.45) is 0. The van der Waals surface area contributed by atoms with Crippen LogP contribution in [-0.4, -0.2) is 22.7 Å². The van der Waals surface area contributed by atoms with Gasteiger partial charge in [-0.25, -0.2) is 4.39 Å². The summed E-state index contributed by atoms with van der Waals surface area (Å²) in [4.78, 5) is 16.0. The zero-order chi connectivity index (χ0) is 16.9. The first-order chi connectivity index (χ1) is 11.6. The molecular formula is C17H14FN3O3. The van der Waals surface area contributed by atoms with Gasteiger partial charge in [0.15, 0.2) is 12.4 Å². The number of hydrogen-bond donors (Lipinski definition) is 1. The largest absolute Gasteiger partial charge is 0.484 e. The van der Waals surface area contributed by atoms with E-state index in [1.165, 1.54) is 12.1 Å². The molecule has 3 aromatic rings. The van der Waals surface area contributed by atoms with Gasteiger partial charge in [0, 0.05) is 5.56 Å². The third kappa shape index (κ3) is 3.75. The predicted octanol–water partition coefficient (Wildman–Crippen LogP) is 3.20. The first-order valence-corrected chi connectivity index (χ1v) is 7.20. The number of rotatable bonds is 5. The minimum absolute atomic E-state index is 0.112. The lowest BCUT2D eigenvalue weighted by molar-refractivity contribution is -0.118. The Morgan fingerprint density at radius 1 is 1.25 bits per heavy atom. The summed E-state index contributed by atoms with van der Waals surface area (Å²) in [5, 5.41) is 6.18. The van der Waals surface area contributed by atoms with Crippen LogP contribution in [0.5, 0.6) is 5.75 Å². The van der Waals surface area contributed by atoms with Crippen molar-refractivity contribution in [1.82, 2.24) is 10.1 Å². The number of nitrogens with one attached hydrogen (secondary N) is 1. The van der Waals surface area contributed by atoms with Gasteiger partial charge in [-0.3, -0.25) is 4.79 Å². The van der Waals surface area contributed by atoms with Crippen LogP contribution in [-0.2, 0) is 4.79 Å². The summed E-state index contributed by atoms with van der Waals surface area (Å²) in [6.45, 7) is 1.47. The van der Waals surface area contributed by atoms with Gasteiger partial charge in [-0.1, -0.05) is 23.4 Å². The van der Waals surface area contributed by atoms with E-state index in [2.05, 4.69) is 15.5 Å². The molecule has 0 saturated carbocycles. The molecule has 0 spiro atoms. The summed E-state index contributed by atoms with van der Waals surface area (Å²) in [6, 6.07) is 12.9. The van der Waals surface area contributed by atoms with E-state index in [1.54, 1.807) is 43.3 Å². The lowest BCUT2D eigenvalue weighted by atomic mass is 10.2. The molecule has 7 heteroatoms. The van der Waals surface area contributed by atoms with E-state index >= 15 is 0 Å². The second-order valence-corrected chi connectivity index (χ2v) is 4.99. The molecule has 0 aliphatic carbocycles. The van der Waals surface area contributed by atoms with Gasteiger partial charge in [-0.2, -0.15) is 4.98 Å². The maximum atomic E-state index is 13.5. The van der Waals surface area contributed by atoms with Crippen LogP contribution in [0.25, 0.3) is 11.5 Å². The number of aromatic nitrogens is 2. The fourth-order valence-corrected chi connectivity index (χ4v) is 2.03. The van der Waals surface area contributed by atoms with Crippen molar-refractivity contribution in [2.45, 2.75) is 6.92 Å². The monoisotopic (exact) mass is 327 g/mol. The quantitative estimate of drug-likeness (QED) is 0.778. The number of carbonyl (C=O) groups excluding carboxylic acids is 1. The predicted molar refractivity (Wildman–Crippen MR) is 85.0 cm³/mol. The third-order valence-corrected chi connectivity index (χ3v) is 3.13. The molecule has 0 aliphatic heterocycles. The van der Waals surface area contributed by atoms with E-state index in [0.29, 0.717) is 23.0 Å². The number of para-hydroxylation sites is 1. The van der Waals surface area contributed by atoms with E-state index in [1.807, 2.05) is 0 Å². The van der Waals surface area contributed by atoms with Crippen molar-refractivity contribution >= 4 is 11.6 Å². The smallest absolute Gasteiger partial charge is 0.262 e. The molecule has 0 atom stereocenters. The number of amides is 1. The van der Waals surface area contributed by atoms with Crippen molar-refractivity contribution in [2.24, 2.45) is 0 Å². The van der Waals surface area contributed by atoms with Crippen molar-refractivity contribution in [3.05, 3.63) is 60.2 Å². The highest BCUT2D eigenvalue weighted by Crippen LogP contribution is 2.22. The first kappa shape index (κ1) is 15.7. The Labute approximate surface area is 137 Å². The second kappa shape index (κ2) is 6.91. The second-order valence-electron chi connectivity index (χ2n) is 4.99. The maximum Gasteiger partial charge on any atom is 0.262 e. The Morgan fingerprint density at radius 3 is 2.83 bits per heavy atom. The number of benzene rings is 2. The highest BCUT2D eigenvalue weighted by atomic mass is 19.1. The third-order valence-electron chi connectivity index (χ3n) is 3.13. The van der Waals surface area contributed by atoms with Gasteiger partial charge < -0.3 is 14.6 Å². The number of hydrogen-bond acceptors (Lipinski definition) is 5. The first-order valence-electron chi connectivity index (χ1n) is 7.20. The Hall–Kier alpha value is -3.22. The number of anilines is 1. The molecule has 2 aromatic carbocycles. The molecule has 0 saturated heterocycles. The molecule has 6 nitrogen and oxygen atoms in total. The van der Waals surface area contributed by atoms with Gasteiger partial charge in [0.2, 0.25) is 0 Å². The van der Waals surface area contributed by atoms with Crippen LogP contribution in [0.2, 0.25) is 0 Å². The Morgan fingerprint density at radius 2 is 2.08 bits per heavy atom. The number of halogens is 1. The number of nitrogens with zero attached hydrogens (tertiary/aromatic N) is 2.